The summed E-state index contributed by atoms with van der Waals surface area (Å²) in [5, 5.41) is 3.52. The molecule has 2 nitrogen and oxygen atoms in total. The Morgan fingerprint density at radius 2 is 2.06 bits per heavy atom. The van der Waals surface area contributed by atoms with Gasteiger partial charge in [0, 0.05) is 12.6 Å². The maximum absolute atomic E-state index is 5.93. The van der Waals surface area contributed by atoms with Crippen LogP contribution in [0.1, 0.15) is 39.5 Å². The topological polar surface area (TPSA) is 21.3 Å². The lowest BCUT2D eigenvalue weighted by molar-refractivity contribution is 0.0268. The van der Waals surface area contributed by atoms with Gasteiger partial charge in [-0.2, -0.15) is 0 Å². The summed E-state index contributed by atoms with van der Waals surface area (Å²) in [5.74, 6) is 1.52. The molecule has 2 aliphatic carbocycles. The largest absolute Gasteiger partial charge is 0.377 e. The third-order valence-corrected chi connectivity index (χ3v) is 3.78. The highest BCUT2D eigenvalue weighted by Crippen LogP contribution is 2.25. The Hall–Kier alpha value is -0.340. The molecule has 16 heavy (non-hydrogen) atoms. The number of ether oxygens (including phenoxy) is 1. The lowest BCUT2D eigenvalue weighted by Crippen LogP contribution is -2.31. The van der Waals surface area contributed by atoms with Gasteiger partial charge in [-0.3, -0.25) is 0 Å². The summed E-state index contributed by atoms with van der Waals surface area (Å²) >= 11 is 0. The minimum absolute atomic E-state index is 0.360. The summed E-state index contributed by atoms with van der Waals surface area (Å²) in [6, 6.07) is 0.794. The van der Waals surface area contributed by atoms with Crippen LogP contribution in [0.2, 0.25) is 0 Å². The van der Waals surface area contributed by atoms with Gasteiger partial charge in [0.1, 0.15) is 0 Å². The lowest BCUT2D eigenvalue weighted by Gasteiger charge is -2.26. The Balaban J connectivity index is 1.59. The molecule has 0 aliphatic heterocycles. The monoisotopic (exact) mass is 223 g/mol. The molecule has 0 aromatic heterocycles. The van der Waals surface area contributed by atoms with Gasteiger partial charge in [0.25, 0.3) is 0 Å². The van der Waals surface area contributed by atoms with Gasteiger partial charge in [-0.15, -0.1) is 0 Å². The van der Waals surface area contributed by atoms with E-state index in [0.29, 0.717) is 6.10 Å². The van der Waals surface area contributed by atoms with Crippen LogP contribution < -0.4 is 5.32 Å². The van der Waals surface area contributed by atoms with Crippen molar-refractivity contribution >= 4 is 0 Å². The van der Waals surface area contributed by atoms with Gasteiger partial charge in [0.15, 0.2) is 0 Å². The van der Waals surface area contributed by atoms with E-state index in [2.05, 4.69) is 31.3 Å². The van der Waals surface area contributed by atoms with Crippen molar-refractivity contribution in [3.63, 3.8) is 0 Å². The third-order valence-electron chi connectivity index (χ3n) is 3.78. The maximum atomic E-state index is 5.93. The van der Waals surface area contributed by atoms with Crippen molar-refractivity contribution in [2.75, 3.05) is 13.2 Å². The zero-order valence-corrected chi connectivity index (χ0v) is 10.6. The highest BCUT2D eigenvalue weighted by atomic mass is 16.5. The smallest absolute Gasteiger partial charge is 0.0671 e. The average Bonchev–Trinajstić information content (AvgIpc) is 3.09. The van der Waals surface area contributed by atoms with E-state index in [0.717, 1.165) is 31.0 Å². The molecule has 0 spiro atoms. The van der Waals surface area contributed by atoms with E-state index in [1.165, 1.54) is 25.7 Å². The van der Waals surface area contributed by atoms with Crippen molar-refractivity contribution in [1.29, 1.82) is 0 Å². The predicted molar refractivity (Wildman–Crippen MR) is 67.5 cm³/mol. The van der Waals surface area contributed by atoms with Gasteiger partial charge in [0.2, 0.25) is 0 Å². The van der Waals surface area contributed by atoms with Gasteiger partial charge in [-0.05, 0) is 44.4 Å². The molecule has 3 atom stereocenters. The third kappa shape index (κ3) is 3.91. The Labute approximate surface area is 99.4 Å². The summed E-state index contributed by atoms with van der Waals surface area (Å²) in [6.45, 7) is 6.46. The number of nitrogens with one attached hydrogen (secondary N) is 1. The maximum Gasteiger partial charge on any atom is 0.0671 e. The standard InChI is InChI=1S/C14H25NO/c1-11-5-3-4-6-13(11)10-16-12(2)9-15-14-7-8-14/h3-4,11-15H,5-10H2,1-2H3. The molecule has 1 saturated carbocycles. The number of rotatable bonds is 6. The van der Waals surface area contributed by atoms with E-state index >= 15 is 0 Å². The van der Waals surface area contributed by atoms with Gasteiger partial charge >= 0.3 is 0 Å². The molecule has 3 unspecified atom stereocenters. The first kappa shape index (κ1) is 12.1. The fraction of sp³-hybridized carbons (Fsp3) is 0.857. The van der Waals surface area contributed by atoms with Crippen LogP contribution in [0.3, 0.4) is 0 Å². The molecule has 2 rings (SSSR count). The molecule has 0 bridgehead atoms. The first-order valence-corrected chi connectivity index (χ1v) is 6.75. The second-order valence-corrected chi connectivity index (χ2v) is 5.51. The van der Waals surface area contributed by atoms with E-state index in [4.69, 9.17) is 4.74 Å². The minimum atomic E-state index is 0.360. The molecule has 0 aromatic rings. The van der Waals surface area contributed by atoms with E-state index in [-0.39, 0.29) is 0 Å². The fourth-order valence-corrected chi connectivity index (χ4v) is 2.21. The van der Waals surface area contributed by atoms with Crippen LogP contribution in [0.5, 0.6) is 0 Å². The normalized spacial score (nSPS) is 31.6. The quantitative estimate of drug-likeness (QED) is 0.699. The average molecular weight is 223 g/mol. The van der Waals surface area contributed by atoms with Gasteiger partial charge in [-0.25, -0.2) is 0 Å². The van der Waals surface area contributed by atoms with Crippen molar-refractivity contribution in [2.45, 2.75) is 51.7 Å². The number of hydrogen-bond donors (Lipinski definition) is 1. The van der Waals surface area contributed by atoms with Gasteiger partial charge in [-0.1, -0.05) is 19.1 Å². The van der Waals surface area contributed by atoms with E-state index in [9.17, 15) is 0 Å². The van der Waals surface area contributed by atoms with E-state index in [1.807, 2.05) is 0 Å². The molecule has 2 heteroatoms. The van der Waals surface area contributed by atoms with Crippen LogP contribution in [0.4, 0.5) is 0 Å². The number of allylic oxidation sites excluding steroid dienone is 2. The second kappa shape index (κ2) is 5.83. The molecule has 1 N–H and O–H groups in total. The van der Waals surface area contributed by atoms with Crippen molar-refractivity contribution in [2.24, 2.45) is 11.8 Å². The second-order valence-electron chi connectivity index (χ2n) is 5.51. The molecule has 0 aromatic carbocycles. The summed E-state index contributed by atoms with van der Waals surface area (Å²) < 4.78 is 5.93. The molecule has 92 valence electrons. The van der Waals surface area contributed by atoms with Crippen molar-refractivity contribution in [3.8, 4) is 0 Å². The first-order valence-electron chi connectivity index (χ1n) is 6.75. The summed E-state index contributed by atoms with van der Waals surface area (Å²) in [7, 11) is 0. The number of hydrogen-bond acceptors (Lipinski definition) is 2. The summed E-state index contributed by atoms with van der Waals surface area (Å²) in [5.41, 5.74) is 0. The van der Waals surface area contributed by atoms with Gasteiger partial charge < -0.3 is 10.1 Å². The lowest BCUT2D eigenvalue weighted by atomic mass is 9.85. The molecule has 0 saturated heterocycles. The van der Waals surface area contributed by atoms with Crippen LogP contribution in [0.15, 0.2) is 12.2 Å². The van der Waals surface area contributed by atoms with E-state index < -0.39 is 0 Å². The molecular weight excluding hydrogens is 198 g/mol. The van der Waals surface area contributed by atoms with Crippen LogP contribution in [0.25, 0.3) is 0 Å². The fourth-order valence-electron chi connectivity index (χ4n) is 2.21. The first-order chi connectivity index (χ1) is 7.75. The Kier molecular flexibility index (Phi) is 4.42. The molecular formula is C14H25NO. The zero-order valence-electron chi connectivity index (χ0n) is 10.6. The summed E-state index contributed by atoms with van der Waals surface area (Å²) in [4.78, 5) is 0. The van der Waals surface area contributed by atoms with Crippen molar-refractivity contribution in [3.05, 3.63) is 12.2 Å². The minimum Gasteiger partial charge on any atom is -0.377 e. The Morgan fingerprint density at radius 3 is 2.75 bits per heavy atom. The molecule has 1 fully saturated rings. The zero-order chi connectivity index (χ0) is 11.4. The highest BCUT2D eigenvalue weighted by Gasteiger charge is 2.22. The molecule has 0 amide bonds. The molecule has 2 aliphatic rings. The van der Waals surface area contributed by atoms with E-state index in [1.54, 1.807) is 0 Å². The SMILES string of the molecule is CC(CNC1CC1)OCC1CC=CCC1C. The Morgan fingerprint density at radius 1 is 1.31 bits per heavy atom. The molecule has 0 heterocycles. The van der Waals surface area contributed by atoms with Crippen LogP contribution in [-0.2, 0) is 4.74 Å². The summed E-state index contributed by atoms with van der Waals surface area (Å²) in [6.07, 6.45) is 10.1. The van der Waals surface area contributed by atoms with Crippen LogP contribution >= 0.6 is 0 Å². The van der Waals surface area contributed by atoms with Crippen molar-refractivity contribution in [1.82, 2.24) is 5.32 Å². The Bertz CT molecular complexity index is 235. The van der Waals surface area contributed by atoms with Gasteiger partial charge in [0.05, 0.1) is 12.7 Å². The van der Waals surface area contributed by atoms with Crippen LogP contribution in [0, 0.1) is 11.8 Å². The van der Waals surface area contributed by atoms with Crippen LogP contribution in [-0.4, -0.2) is 25.3 Å². The van der Waals surface area contributed by atoms with Crippen molar-refractivity contribution < 1.29 is 4.74 Å². The molecule has 0 radical (unpaired) electrons. The predicted octanol–water partition coefficient (Wildman–Crippen LogP) is 2.75. The highest BCUT2D eigenvalue weighted by molar-refractivity contribution is 4.93.